The van der Waals surface area contributed by atoms with E-state index in [-0.39, 0.29) is 11.5 Å². The molecule has 0 aromatic heterocycles. The van der Waals surface area contributed by atoms with Gasteiger partial charge < -0.3 is 0 Å². The molecule has 3 heteroatoms. The summed E-state index contributed by atoms with van der Waals surface area (Å²) in [6.45, 7) is 2.29. The lowest BCUT2D eigenvalue weighted by Gasteiger charge is -2.32. The second kappa shape index (κ2) is 9.67. The fraction of sp³-hybridized carbons (Fsp3) is 0.708. The second-order valence-electron chi connectivity index (χ2n) is 8.91. The van der Waals surface area contributed by atoms with Gasteiger partial charge in [0.05, 0.1) is 5.56 Å². The molecule has 0 saturated heterocycles. The largest absolute Gasteiger partial charge is 0.203 e. The summed E-state index contributed by atoms with van der Waals surface area (Å²) in [4.78, 5) is 0. The minimum atomic E-state index is -0.976. The second-order valence-corrected chi connectivity index (χ2v) is 8.91. The van der Waals surface area contributed by atoms with E-state index in [9.17, 15) is 8.78 Å². The topological polar surface area (TPSA) is 23.8 Å². The van der Waals surface area contributed by atoms with Crippen LogP contribution in [0.1, 0.15) is 101 Å². The lowest BCUT2D eigenvalue weighted by Crippen LogP contribution is -2.18. The molecular formula is C24H33F2N. The van der Waals surface area contributed by atoms with Crippen LogP contribution in [0.3, 0.4) is 0 Å². The molecule has 0 N–H and O–H groups in total. The van der Waals surface area contributed by atoms with Gasteiger partial charge in [0.2, 0.25) is 0 Å². The van der Waals surface area contributed by atoms with E-state index in [1.807, 2.05) is 0 Å². The van der Waals surface area contributed by atoms with E-state index in [2.05, 4.69) is 6.92 Å². The highest BCUT2D eigenvalue weighted by Crippen LogP contribution is 2.41. The molecule has 0 aliphatic heterocycles. The number of hydrogen-bond acceptors (Lipinski definition) is 1. The van der Waals surface area contributed by atoms with Crippen molar-refractivity contribution in [1.29, 1.82) is 5.26 Å². The molecule has 2 fully saturated rings. The first-order valence-corrected chi connectivity index (χ1v) is 11.0. The molecule has 1 aromatic rings. The van der Waals surface area contributed by atoms with Crippen LogP contribution in [0.4, 0.5) is 8.78 Å². The van der Waals surface area contributed by atoms with Gasteiger partial charge in [0.1, 0.15) is 6.07 Å². The van der Waals surface area contributed by atoms with Crippen LogP contribution in [-0.2, 0) is 0 Å². The monoisotopic (exact) mass is 373 g/mol. The first-order valence-electron chi connectivity index (χ1n) is 11.0. The summed E-state index contributed by atoms with van der Waals surface area (Å²) >= 11 is 0. The Hall–Kier alpha value is -1.43. The number of benzene rings is 1. The summed E-state index contributed by atoms with van der Waals surface area (Å²) in [5, 5.41) is 8.83. The third kappa shape index (κ3) is 5.09. The molecule has 0 heterocycles. The first-order chi connectivity index (χ1) is 13.1. The third-order valence-electron chi connectivity index (χ3n) is 7.17. The Balaban J connectivity index is 1.43. The Kier molecular flexibility index (Phi) is 7.27. The van der Waals surface area contributed by atoms with Crippen LogP contribution < -0.4 is 0 Å². The van der Waals surface area contributed by atoms with Gasteiger partial charge in [-0.2, -0.15) is 5.26 Å². The maximum atomic E-state index is 14.3. The Labute approximate surface area is 163 Å². The van der Waals surface area contributed by atoms with E-state index < -0.39 is 11.6 Å². The van der Waals surface area contributed by atoms with Crippen LogP contribution >= 0.6 is 0 Å². The summed E-state index contributed by atoms with van der Waals surface area (Å²) < 4.78 is 28.2. The molecule has 0 unspecified atom stereocenters. The summed E-state index contributed by atoms with van der Waals surface area (Å²) in [5.74, 6) is 0.969. The van der Waals surface area contributed by atoms with Crippen LogP contribution in [0.25, 0.3) is 0 Å². The smallest absolute Gasteiger partial charge is 0.176 e. The fourth-order valence-electron chi connectivity index (χ4n) is 5.42. The van der Waals surface area contributed by atoms with Crippen molar-refractivity contribution in [3.05, 3.63) is 34.9 Å². The van der Waals surface area contributed by atoms with Crippen molar-refractivity contribution < 1.29 is 8.78 Å². The van der Waals surface area contributed by atoms with E-state index in [0.717, 1.165) is 43.4 Å². The molecule has 148 valence electrons. The highest BCUT2D eigenvalue weighted by Gasteiger charge is 2.27. The lowest BCUT2D eigenvalue weighted by molar-refractivity contribution is 0.223. The summed E-state index contributed by atoms with van der Waals surface area (Å²) in [6, 6.07) is 4.76. The Morgan fingerprint density at radius 3 is 1.85 bits per heavy atom. The summed E-state index contributed by atoms with van der Waals surface area (Å²) in [5.41, 5.74) is 0.276. The number of nitriles is 1. The highest BCUT2D eigenvalue weighted by atomic mass is 19.2. The zero-order valence-electron chi connectivity index (χ0n) is 16.7. The van der Waals surface area contributed by atoms with Gasteiger partial charge in [0.15, 0.2) is 11.6 Å². The first kappa shape index (κ1) is 20.3. The van der Waals surface area contributed by atoms with Crippen molar-refractivity contribution >= 4 is 0 Å². The predicted molar refractivity (Wildman–Crippen MR) is 105 cm³/mol. The average Bonchev–Trinajstić information content (AvgIpc) is 2.70. The number of nitrogens with zero attached hydrogens (tertiary/aromatic N) is 1. The van der Waals surface area contributed by atoms with Crippen LogP contribution in [0.2, 0.25) is 0 Å². The number of halogens is 2. The van der Waals surface area contributed by atoms with Gasteiger partial charge in [-0.05, 0) is 61.0 Å². The quantitative estimate of drug-likeness (QED) is 0.506. The van der Waals surface area contributed by atoms with Gasteiger partial charge in [0.25, 0.3) is 0 Å². The molecule has 0 radical (unpaired) electrons. The lowest BCUT2D eigenvalue weighted by atomic mass is 9.74. The Bertz CT molecular complexity index is 647. The SMILES string of the molecule is CCC[C@H]1CC[C@H](CCC2CCC(c3ccc(C#N)c(F)c3F)CC2)CC1. The van der Waals surface area contributed by atoms with Crippen molar-refractivity contribution in [3.63, 3.8) is 0 Å². The van der Waals surface area contributed by atoms with Gasteiger partial charge in [0, 0.05) is 0 Å². The average molecular weight is 374 g/mol. The number of rotatable bonds is 6. The molecule has 0 atom stereocenters. The molecule has 27 heavy (non-hydrogen) atoms. The van der Waals surface area contributed by atoms with Crippen molar-refractivity contribution in [2.75, 3.05) is 0 Å². The van der Waals surface area contributed by atoms with Gasteiger partial charge in [-0.15, -0.1) is 0 Å². The molecule has 0 spiro atoms. The van der Waals surface area contributed by atoms with Crippen molar-refractivity contribution in [3.8, 4) is 6.07 Å². The minimum Gasteiger partial charge on any atom is -0.203 e. The fourth-order valence-corrected chi connectivity index (χ4v) is 5.42. The molecule has 2 aliphatic rings. The van der Waals surface area contributed by atoms with Crippen molar-refractivity contribution in [2.45, 2.75) is 89.9 Å². The molecule has 1 aromatic carbocycles. The van der Waals surface area contributed by atoms with Gasteiger partial charge >= 0.3 is 0 Å². The normalized spacial score (nSPS) is 28.7. The number of hydrogen-bond donors (Lipinski definition) is 0. The molecule has 2 aliphatic carbocycles. The standard InChI is InChI=1S/C24H33F2N/c1-2-3-17-4-6-18(7-5-17)8-9-19-10-12-20(13-11-19)22-15-14-21(16-27)23(25)24(22)26/h14-15,17-20H,2-13H2,1H3/t17-,18-,19?,20?. The van der Waals surface area contributed by atoms with Gasteiger partial charge in [-0.25, -0.2) is 8.78 Å². The molecule has 2 saturated carbocycles. The van der Waals surface area contributed by atoms with E-state index in [4.69, 9.17) is 5.26 Å². The van der Waals surface area contributed by atoms with E-state index in [0.29, 0.717) is 5.56 Å². The zero-order chi connectivity index (χ0) is 19.2. The summed E-state index contributed by atoms with van der Waals surface area (Å²) in [7, 11) is 0. The van der Waals surface area contributed by atoms with Crippen molar-refractivity contribution in [2.24, 2.45) is 17.8 Å². The van der Waals surface area contributed by atoms with Crippen LogP contribution in [0, 0.1) is 40.7 Å². The maximum absolute atomic E-state index is 14.3. The molecule has 0 bridgehead atoms. The van der Waals surface area contributed by atoms with Crippen LogP contribution in [0.5, 0.6) is 0 Å². The molecule has 3 rings (SSSR count). The van der Waals surface area contributed by atoms with Gasteiger partial charge in [-0.3, -0.25) is 0 Å². The zero-order valence-corrected chi connectivity index (χ0v) is 16.7. The Morgan fingerprint density at radius 1 is 0.815 bits per heavy atom. The van der Waals surface area contributed by atoms with Crippen molar-refractivity contribution in [1.82, 2.24) is 0 Å². The van der Waals surface area contributed by atoms with E-state index in [1.54, 1.807) is 12.1 Å². The Morgan fingerprint density at radius 2 is 1.33 bits per heavy atom. The minimum absolute atomic E-state index is 0.105. The maximum Gasteiger partial charge on any atom is 0.176 e. The third-order valence-corrected chi connectivity index (χ3v) is 7.17. The van der Waals surface area contributed by atoms with E-state index in [1.165, 1.54) is 57.4 Å². The van der Waals surface area contributed by atoms with E-state index >= 15 is 0 Å². The van der Waals surface area contributed by atoms with Crippen LogP contribution in [-0.4, -0.2) is 0 Å². The van der Waals surface area contributed by atoms with Crippen LogP contribution in [0.15, 0.2) is 12.1 Å². The molecule has 0 amide bonds. The molecule has 1 nitrogen and oxygen atoms in total. The summed E-state index contributed by atoms with van der Waals surface area (Å²) in [6.07, 6.45) is 15.2. The molecular weight excluding hydrogens is 340 g/mol. The predicted octanol–water partition coefficient (Wildman–Crippen LogP) is 7.50. The van der Waals surface area contributed by atoms with Gasteiger partial charge in [-0.1, -0.05) is 64.4 Å². The highest BCUT2D eigenvalue weighted by molar-refractivity contribution is 5.36.